The molecule has 0 atom stereocenters. The van der Waals surface area contributed by atoms with Crippen molar-refractivity contribution in [2.45, 2.75) is 24.7 Å². The molecule has 0 aliphatic heterocycles. The molecule has 10 aromatic rings. The fourth-order valence-corrected chi connectivity index (χ4v) is 10.4. The first-order valence-electron chi connectivity index (χ1n) is 22.6. The summed E-state index contributed by atoms with van der Waals surface area (Å²) >= 11 is 0. The highest BCUT2D eigenvalue weighted by atomic mass is 16.3. The van der Waals surface area contributed by atoms with E-state index in [0.717, 1.165) is 66.4 Å². The van der Waals surface area contributed by atoms with Crippen LogP contribution in [0, 0.1) is 0 Å². The number of rotatable bonds is 6. The Labute approximate surface area is 356 Å². The first-order valence-corrected chi connectivity index (χ1v) is 20.6. The lowest BCUT2D eigenvalue weighted by atomic mass is 9.67. The molecular weight excluding hydrogens is 727 g/mol. The van der Waals surface area contributed by atoms with E-state index in [1.807, 2.05) is 71.6 Å². The van der Waals surface area contributed by atoms with Gasteiger partial charge in [0, 0.05) is 33.2 Å². The average Bonchev–Trinajstić information content (AvgIpc) is 3.94. The van der Waals surface area contributed by atoms with Crippen molar-refractivity contribution in [2.24, 2.45) is 0 Å². The largest absolute Gasteiger partial charge is 0.456 e. The third-order valence-electron chi connectivity index (χ3n) is 13.0. The second kappa shape index (κ2) is 13.0. The Balaban J connectivity index is 1.14. The number of anilines is 3. The van der Waals surface area contributed by atoms with E-state index in [2.05, 4.69) is 135 Å². The summed E-state index contributed by atoms with van der Waals surface area (Å²) in [6.07, 6.45) is 0. The summed E-state index contributed by atoms with van der Waals surface area (Å²) in [6.45, 7) is 4.36. The number of hydrogen-bond donors (Lipinski definition) is 0. The van der Waals surface area contributed by atoms with Crippen molar-refractivity contribution in [3.63, 3.8) is 0 Å². The molecule has 0 bridgehead atoms. The van der Waals surface area contributed by atoms with Gasteiger partial charge in [-0.2, -0.15) is 0 Å². The summed E-state index contributed by atoms with van der Waals surface area (Å²) in [6, 6.07) is 64.2. The monoisotopic (exact) mass is 771 g/mol. The van der Waals surface area contributed by atoms with E-state index >= 15 is 0 Å². The van der Waals surface area contributed by atoms with Crippen molar-refractivity contribution >= 4 is 39.0 Å². The molecule has 0 N–H and O–H groups in total. The van der Waals surface area contributed by atoms with E-state index in [0.29, 0.717) is 22.5 Å². The summed E-state index contributed by atoms with van der Waals surface area (Å²) in [5, 5.41) is 1.84. The van der Waals surface area contributed by atoms with Crippen molar-refractivity contribution in [1.29, 1.82) is 0 Å². The van der Waals surface area contributed by atoms with Crippen LogP contribution < -0.4 is 4.90 Å². The molecule has 2 nitrogen and oxygen atoms in total. The van der Waals surface area contributed by atoms with E-state index in [4.69, 9.17) is 4.42 Å². The maximum absolute atomic E-state index is 10.00. The smallest absolute Gasteiger partial charge is 0.135 e. The summed E-state index contributed by atoms with van der Waals surface area (Å²) in [7, 11) is 0. The predicted molar refractivity (Wildman–Crippen MR) is 249 cm³/mol. The quantitative estimate of drug-likeness (QED) is 0.167. The standard InChI is InChI=1S/C58H41NO/c1-57(2)51-25-12-9-21-46(51)49-24-15-23-44(56(49)57)38-28-30-41(31-29-38)59(42-33-35-55-50(36-42)48-22-11-14-27-54(48)60-55)43-32-34-47-45-20-10-13-26-52(45)58(53(47)37-43,39-16-5-3-6-17-39)40-18-7-4-8-19-40/h3-37H,1-2H3/i28D,29D,30D,31D. The molecule has 1 heterocycles. The predicted octanol–water partition coefficient (Wildman–Crippen LogP) is 15.4. The van der Waals surface area contributed by atoms with Crippen LogP contribution in [0.15, 0.2) is 217 Å². The molecule has 2 heteroatoms. The molecule has 0 unspecified atom stereocenters. The van der Waals surface area contributed by atoms with Crippen LogP contribution in [0.2, 0.25) is 0 Å². The second-order valence-corrected chi connectivity index (χ2v) is 16.5. The van der Waals surface area contributed by atoms with E-state index in [1.54, 1.807) is 0 Å². The zero-order chi connectivity index (χ0) is 43.5. The van der Waals surface area contributed by atoms with Gasteiger partial charge in [-0.05, 0) is 115 Å². The van der Waals surface area contributed by atoms with E-state index in [1.165, 1.54) is 11.1 Å². The van der Waals surface area contributed by atoms with Gasteiger partial charge in [0.25, 0.3) is 0 Å². The van der Waals surface area contributed by atoms with Crippen molar-refractivity contribution in [2.75, 3.05) is 4.90 Å². The van der Waals surface area contributed by atoms with Crippen LogP contribution in [0.3, 0.4) is 0 Å². The van der Waals surface area contributed by atoms with Crippen molar-refractivity contribution in [1.82, 2.24) is 0 Å². The van der Waals surface area contributed by atoms with E-state index in [9.17, 15) is 5.48 Å². The number of para-hydroxylation sites is 1. The van der Waals surface area contributed by atoms with Crippen LogP contribution in [0.25, 0.3) is 55.3 Å². The summed E-state index contributed by atoms with van der Waals surface area (Å²) in [5.74, 6) is 0. The Kier molecular flexibility index (Phi) is 6.66. The SMILES string of the molecule is [2H]c1c([2H])c(N(c2ccc3c(c2)C(c2ccccc2)(c2ccccc2)c2ccccc2-3)c2ccc3oc4ccccc4c3c2)c([2H])c([2H])c1-c1cccc2c1C(C)(C)c1ccccc1-2. The topological polar surface area (TPSA) is 16.4 Å². The third-order valence-corrected chi connectivity index (χ3v) is 13.0. The lowest BCUT2D eigenvalue weighted by Crippen LogP contribution is -2.28. The molecule has 9 aromatic carbocycles. The van der Waals surface area contributed by atoms with Gasteiger partial charge in [-0.15, -0.1) is 0 Å². The minimum Gasteiger partial charge on any atom is -0.456 e. The highest BCUT2D eigenvalue weighted by Crippen LogP contribution is 2.58. The second-order valence-electron chi connectivity index (χ2n) is 16.5. The Morgan fingerprint density at radius 2 is 0.967 bits per heavy atom. The van der Waals surface area contributed by atoms with Crippen LogP contribution in [0.5, 0.6) is 0 Å². The molecule has 284 valence electrons. The van der Waals surface area contributed by atoms with Gasteiger partial charge in [0.05, 0.1) is 10.9 Å². The molecular formula is C58H41NO. The number of hydrogen-bond acceptors (Lipinski definition) is 2. The van der Waals surface area contributed by atoms with Crippen LogP contribution in [0.4, 0.5) is 17.1 Å². The number of nitrogens with zero attached hydrogens (tertiary/aromatic N) is 1. The molecule has 2 aliphatic rings. The Bertz CT molecular complexity index is 3470. The zero-order valence-corrected chi connectivity index (χ0v) is 33.3. The van der Waals surface area contributed by atoms with Gasteiger partial charge in [0.2, 0.25) is 0 Å². The van der Waals surface area contributed by atoms with Gasteiger partial charge >= 0.3 is 0 Å². The normalized spacial score (nSPS) is 15.0. The lowest BCUT2D eigenvalue weighted by Gasteiger charge is -2.35. The lowest BCUT2D eigenvalue weighted by molar-refractivity contribution is 0.662. The minimum atomic E-state index is -0.697. The maximum atomic E-state index is 10.00. The number of benzene rings is 9. The van der Waals surface area contributed by atoms with Gasteiger partial charge in [-0.3, -0.25) is 0 Å². The summed E-state index contributed by atoms with van der Waals surface area (Å²) < 4.78 is 46.0. The third kappa shape index (κ3) is 4.88. The molecule has 1 aromatic heterocycles. The Hall–Kier alpha value is -7.42. The molecule has 12 rings (SSSR count). The highest BCUT2D eigenvalue weighted by Gasteiger charge is 2.46. The fraction of sp³-hybridized carbons (Fsp3) is 0.0690. The average molecular weight is 772 g/mol. The van der Waals surface area contributed by atoms with E-state index < -0.39 is 10.8 Å². The van der Waals surface area contributed by atoms with Gasteiger partial charge in [0.15, 0.2) is 0 Å². The minimum absolute atomic E-state index is 0.0903. The maximum Gasteiger partial charge on any atom is 0.135 e. The Morgan fingerprint density at radius 1 is 0.417 bits per heavy atom. The first-order chi connectivity index (χ1) is 31.2. The molecule has 2 aliphatic carbocycles. The van der Waals surface area contributed by atoms with Crippen LogP contribution >= 0.6 is 0 Å². The summed E-state index contributed by atoms with van der Waals surface area (Å²) in [4.78, 5) is 1.92. The van der Waals surface area contributed by atoms with Crippen molar-refractivity contribution in [3.8, 4) is 33.4 Å². The highest BCUT2D eigenvalue weighted by molar-refractivity contribution is 6.06. The molecule has 0 saturated heterocycles. The number of furan rings is 1. The van der Waals surface area contributed by atoms with Gasteiger partial charge < -0.3 is 9.32 Å². The van der Waals surface area contributed by atoms with Gasteiger partial charge in [0.1, 0.15) is 11.2 Å². The van der Waals surface area contributed by atoms with Crippen LogP contribution in [-0.2, 0) is 10.8 Å². The molecule has 0 saturated carbocycles. The Morgan fingerprint density at radius 3 is 1.72 bits per heavy atom. The number of fused-ring (bicyclic) bond motifs is 9. The molecule has 0 fully saturated rings. The molecule has 0 spiro atoms. The van der Waals surface area contributed by atoms with E-state index in [-0.39, 0.29) is 29.9 Å². The molecule has 0 amide bonds. The molecule has 60 heavy (non-hydrogen) atoms. The van der Waals surface area contributed by atoms with Crippen molar-refractivity contribution in [3.05, 3.63) is 246 Å². The zero-order valence-electron chi connectivity index (χ0n) is 37.3. The van der Waals surface area contributed by atoms with Crippen LogP contribution in [-0.4, -0.2) is 0 Å². The van der Waals surface area contributed by atoms with Gasteiger partial charge in [-0.1, -0.05) is 178 Å². The fourth-order valence-electron chi connectivity index (χ4n) is 10.4. The van der Waals surface area contributed by atoms with Crippen molar-refractivity contribution < 1.29 is 9.90 Å². The van der Waals surface area contributed by atoms with Crippen LogP contribution in [0.1, 0.15) is 52.7 Å². The van der Waals surface area contributed by atoms with Gasteiger partial charge in [-0.25, -0.2) is 0 Å². The molecule has 0 radical (unpaired) electrons. The summed E-state index contributed by atoms with van der Waals surface area (Å²) in [5.41, 5.74) is 14.0. The first kappa shape index (κ1) is 30.6.